The van der Waals surface area contributed by atoms with Gasteiger partial charge in [0.15, 0.2) is 0 Å². The molecule has 0 aromatic carbocycles. The van der Waals surface area contributed by atoms with Gasteiger partial charge in [-0.25, -0.2) is 0 Å². The van der Waals surface area contributed by atoms with E-state index in [2.05, 4.69) is 0 Å². The molecule has 0 atom stereocenters. The molecule has 0 heterocycles. The van der Waals surface area contributed by atoms with E-state index in [1.54, 1.807) is 7.11 Å². The van der Waals surface area contributed by atoms with Gasteiger partial charge in [0.25, 0.3) is 6.47 Å². The molecule has 0 N–H and O–H groups in total. The van der Waals surface area contributed by atoms with Gasteiger partial charge in [-0.15, -0.1) is 0 Å². The zero-order chi connectivity index (χ0) is 8.10. The molecule has 1 saturated carbocycles. The Hall–Kier alpha value is -0.570. The van der Waals surface area contributed by atoms with Crippen LogP contribution in [0.4, 0.5) is 0 Å². The van der Waals surface area contributed by atoms with E-state index in [1.165, 1.54) is 0 Å². The van der Waals surface area contributed by atoms with Crippen LogP contribution in [-0.2, 0) is 14.3 Å². The Morgan fingerprint density at radius 2 is 1.73 bits per heavy atom. The summed E-state index contributed by atoms with van der Waals surface area (Å²) in [5.41, 5.74) is 0. The SMILES string of the molecule is COC1CCC(OC=O)CC1. The molecule has 0 aromatic rings. The summed E-state index contributed by atoms with van der Waals surface area (Å²) >= 11 is 0. The zero-order valence-corrected chi connectivity index (χ0v) is 6.79. The van der Waals surface area contributed by atoms with Crippen LogP contribution in [0.3, 0.4) is 0 Å². The summed E-state index contributed by atoms with van der Waals surface area (Å²) in [6.45, 7) is 0.539. The fourth-order valence-corrected chi connectivity index (χ4v) is 1.48. The molecular weight excluding hydrogens is 144 g/mol. The van der Waals surface area contributed by atoms with Gasteiger partial charge in [0.1, 0.15) is 6.10 Å². The van der Waals surface area contributed by atoms with E-state index in [0.717, 1.165) is 25.7 Å². The van der Waals surface area contributed by atoms with Gasteiger partial charge in [0, 0.05) is 7.11 Å². The van der Waals surface area contributed by atoms with E-state index in [-0.39, 0.29) is 6.10 Å². The summed E-state index contributed by atoms with van der Waals surface area (Å²) in [5, 5.41) is 0. The Bertz CT molecular complexity index is 117. The van der Waals surface area contributed by atoms with Gasteiger partial charge in [-0.1, -0.05) is 0 Å². The maximum Gasteiger partial charge on any atom is 0.293 e. The Morgan fingerprint density at radius 3 is 2.18 bits per heavy atom. The van der Waals surface area contributed by atoms with Crippen molar-refractivity contribution in [2.24, 2.45) is 0 Å². The highest BCUT2D eigenvalue weighted by molar-refractivity contribution is 5.37. The van der Waals surface area contributed by atoms with Gasteiger partial charge < -0.3 is 9.47 Å². The predicted octanol–water partition coefficient (Wildman–Crippen LogP) is 1.12. The van der Waals surface area contributed by atoms with E-state index < -0.39 is 0 Å². The van der Waals surface area contributed by atoms with Crippen LogP contribution in [0.15, 0.2) is 0 Å². The molecule has 0 aliphatic heterocycles. The van der Waals surface area contributed by atoms with Crippen molar-refractivity contribution >= 4 is 6.47 Å². The Morgan fingerprint density at radius 1 is 1.18 bits per heavy atom. The van der Waals surface area contributed by atoms with Gasteiger partial charge in [-0.05, 0) is 25.7 Å². The Labute approximate surface area is 66.7 Å². The number of ether oxygens (including phenoxy) is 2. The summed E-state index contributed by atoms with van der Waals surface area (Å²) in [6.07, 6.45) is 4.42. The normalized spacial score (nSPS) is 31.4. The molecule has 1 aliphatic rings. The van der Waals surface area contributed by atoms with E-state index in [0.29, 0.717) is 12.6 Å². The minimum Gasteiger partial charge on any atom is -0.465 e. The lowest BCUT2D eigenvalue weighted by Crippen LogP contribution is -2.25. The van der Waals surface area contributed by atoms with Crippen LogP contribution in [0.1, 0.15) is 25.7 Å². The Balaban J connectivity index is 2.18. The Kier molecular flexibility index (Phi) is 3.36. The van der Waals surface area contributed by atoms with Crippen molar-refractivity contribution < 1.29 is 14.3 Å². The summed E-state index contributed by atoms with van der Waals surface area (Å²) in [6, 6.07) is 0. The number of methoxy groups -OCH3 is 1. The lowest BCUT2D eigenvalue weighted by Gasteiger charge is -2.25. The topological polar surface area (TPSA) is 35.5 Å². The quantitative estimate of drug-likeness (QED) is 0.577. The molecule has 0 aromatic heterocycles. The summed E-state index contributed by atoms with van der Waals surface area (Å²) in [7, 11) is 1.73. The van der Waals surface area contributed by atoms with Crippen molar-refractivity contribution in [3.63, 3.8) is 0 Å². The van der Waals surface area contributed by atoms with Crippen LogP contribution in [-0.4, -0.2) is 25.8 Å². The highest BCUT2D eigenvalue weighted by Gasteiger charge is 2.21. The van der Waals surface area contributed by atoms with Crippen molar-refractivity contribution in [1.82, 2.24) is 0 Å². The van der Waals surface area contributed by atoms with Gasteiger partial charge in [-0.2, -0.15) is 0 Å². The number of carbonyl (C=O) groups is 1. The first kappa shape index (κ1) is 8.53. The molecule has 64 valence electrons. The zero-order valence-electron chi connectivity index (χ0n) is 6.79. The molecule has 1 rings (SSSR count). The van der Waals surface area contributed by atoms with Gasteiger partial charge in [0.05, 0.1) is 6.10 Å². The van der Waals surface area contributed by atoms with Crippen molar-refractivity contribution in [2.75, 3.05) is 7.11 Å². The average molecular weight is 158 g/mol. The van der Waals surface area contributed by atoms with Crippen molar-refractivity contribution in [3.05, 3.63) is 0 Å². The minimum atomic E-state index is 0.138. The van der Waals surface area contributed by atoms with Gasteiger partial charge in [0.2, 0.25) is 0 Å². The van der Waals surface area contributed by atoms with Crippen LogP contribution in [0.2, 0.25) is 0 Å². The third kappa shape index (κ3) is 2.50. The molecule has 0 radical (unpaired) electrons. The van der Waals surface area contributed by atoms with E-state index in [1.807, 2.05) is 0 Å². The second-order valence-corrected chi connectivity index (χ2v) is 2.87. The van der Waals surface area contributed by atoms with Crippen LogP contribution in [0, 0.1) is 0 Å². The second kappa shape index (κ2) is 4.34. The maximum absolute atomic E-state index is 9.97. The average Bonchev–Trinajstić information content (AvgIpc) is 2.07. The molecule has 0 saturated heterocycles. The molecule has 0 spiro atoms. The minimum absolute atomic E-state index is 0.138. The standard InChI is InChI=1S/C8H14O3/c1-10-7-2-4-8(5-3-7)11-6-9/h6-8H,2-5H2,1H3. The molecule has 1 aliphatic carbocycles. The molecule has 0 unspecified atom stereocenters. The largest absolute Gasteiger partial charge is 0.465 e. The van der Waals surface area contributed by atoms with E-state index in [9.17, 15) is 4.79 Å². The van der Waals surface area contributed by atoms with Crippen LogP contribution in [0.25, 0.3) is 0 Å². The first-order valence-electron chi connectivity index (χ1n) is 3.98. The van der Waals surface area contributed by atoms with Gasteiger partial charge >= 0.3 is 0 Å². The summed E-state index contributed by atoms with van der Waals surface area (Å²) in [4.78, 5) is 9.97. The third-order valence-corrected chi connectivity index (χ3v) is 2.20. The summed E-state index contributed by atoms with van der Waals surface area (Å²) < 4.78 is 10.0. The van der Waals surface area contributed by atoms with Crippen LogP contribution < -0.4 is 0 Å². The second-order valence-electron chi connectivity index (χ2n) is 2.87. The number of hydrogen-bond donors (Lipinski definition) is 0. The smallest absolute Gasteiger partial charge is 0.293 e. The lowest BCUT2D eigenvalue weighted by molar-refractivity contribution is -0.136. The van der Waals surface area contributed by atoms with Gasteiger partial charge in [-0.3, -0.25) is 4.79 Å². The predicted molar refractivity (Wildman–Crippen MR) is 40.2 cm³/mol. The van der Waals surface area contributed by atoms with Crippen LogP contribution in [0.5, 0.6) is 0 Å². The molecule has 11 heavy (non-hydrogen) atoms. The molecule has 3 heteroatoms. The first-order valence-corrected chi connectivity index (χ1v) is 3.98. The number of carbonyl (C=O) groups excluding carboxylic acids is 1. The molecule has 0 bridgehead atoms. The van der Waals surface area contributed by atoms with Crippen molar-refractivity contribution in [2.45, 2.75) is 37.9 Å². The summed E-state index contributed by atoms with van der Waals surface area (Å²) in [5.74, 6) is 0. The third-order valence-electron chi connectivity index (χ3n) is 2.20. The molecule has 0 amide bonds. The monoisotopic (exact) mass is 158 g/mol. The fraction of sp³-hybridized carbons (Fsp3) is 0.875. The molecule has 3 nitrogen and oxygen atoms in total. The van der Waals surface area contributed by atoms with E-state index in [4.69, 9.17) is 9.47 Å². The molecule has 1 fully saturated rings. The van der Waals surface area contributed by atoms with Crippen molar-refractivity contribution in [1.29, 1.82) is 0 Å². The number of rotatable bonds is 3. The van der Waals surface area contributed by atoms with Crippen molar-refractivity contribution in [3.8, 4) is 0 Å². The molecular formula is C8H14O3. The first-order chi connectivity index (χ1) is 5.36. The highest BCUT2D eigenvalue weighted by Crippen LogP contribution is 2.22. The maximum atomic E-state index is 9.97. The van der Waals surface area contributed by atoms with E-state index >= 15 is 0 Å². The van der Waals surface area contributed by atoms with Crippen LogP contribution >= 0.6 is 0 Å². The fourth-order valence-electron chi connectivity index (χ4n) is 1.48. The highest BCUT2D eigenvalue weighted by atomic mass is 16.5. The number of hydrogen-bond acceptors (Lipinski definition) is 3. The lowest BCUT2D eigenvalue weighted by atomic mass is 9.95.